The quantitative estimate of drug-likeness (QED) is 0.513. The number of nitrogens with zero attached hydrogens (tertiary/aromatic N) is 1. The van der Waals surface area contributed by atoms with Crippen LogP contribution in [-0.2, 0) is 18.0 Å². The van der Waals surface area contributed by atoms with Gasteiger partial charge in [0.25, 0.3) is 0 Å². The Hall–Kier alpha value is -2.76. The topological polar surface area (TPSA) is 34.0 Å². The molecule has 0 radical (unpaired) electrons. The summed E-state index contributed by atoms with van der Waals surface area (Å²) in [4.78, 5) is 12.7. The van der Waals surface area contributed by atoms with Crippen LogP contribution in [0.5, 0.6) is 0 Å². The first-order valence-corrected chi connectivity index (χ1v) is 10.1. The van der Waals surface area contributed by atoms with Gasteiger partial charge in [-0.05, 0) is 35.6 Å². The maximum absolute atomic E-state index is 13.8. The largest absolute Gasteiger partial charge is 0.416 e. The number of aromatic nitrogens is 1. The summed E-state index contributed by atoms with van der Waals surface area (Å²) in [7, 11) is 1.86. The van der Waals surface area contributed by atoms with Crippen molar-refractivity contribution in [2.45, 2.75) is 38.8 Å². The van der Waals surface area contributed by atoms with Crippen LogP contribution in [0.2, 0.25) is 0 Å². The molecule has 1 amide bonds. The molecule has 160 valence electrons. The van der Waals surface area contributed by atoms with Gasteiger partial charge in [-0.25, -0.2) is 0 Å². The summed E-state index contributed by atoms with van der Waals surface area (Å²) < 4.78 is 43.2. The molecule has 0 bridgehead atoms. The smallest absolute Gasteiger partial charge is 0.356 e. The van der Waals surface area contributed by atoms with Crippen molar-refractivity contribution in [3.8, 4) is 0 Å². The Morgan fingerprint density at radius 1 is 1.03 bits per heavy atom. The van der Waals surface area contributed by atoms with Gasteiger partial charge in [0.15, 0.2) is 0 Å². The fourth-order valence-corrected chi connectivity index (χ4v) is 3.86. The van der Waals surface area contributed by atoms with Crippen LogP contribution in [0, 0.1) is 5.92 Å². The SMILES string of the molecule is CC(C)CCNC(=O)C[C@H](c1ccccc1C(F)(F)F)c1cn(C)c2ccccc12. The average Bonchev–Trinajstić information content (AvgIpc) is 3.02. The van der Waals surface area contributed by atoms with Crippen LogP contribution in [-0.4, -0.2) is 17.0 Å². The van der Waals surface area contributed by atoms with E-state index in [1.807, 2.05) is 42.1 Å². The minimum Gasteiger partial charge on any atom is -0.356 e. The van der Waals surface area contributed by atoms with Gasteiger partial charge < -0.3 is 9.88 Å². The number of hydrogen-bond acceptors (Lipinski definition) is 1. The number of hydrogen-bond donors (Lipinski definition) is 1. The predicted molar refractivity (Wildman–Crippen MR) is 113 cm³/mol. The van der Waals surface area contributed by atoms with Crippen molar-refractivity contribution in [1.82, 2.24) is 9.88 Å². The molecule has 3 aromatic rings. The number of para-hydroxylation sites is 1. The molecule has 0 aliphatic heterocycles. The Bertz CT molecular complexity index is 1020. The van der Waals surface area contributed by atoms with E-state index in [0.717, 1.165) is 29.0 Å². The first-order valence-electron chi connectivity index (χ1n) is 10.1. The third-order valence-corrected chi connectivity index (χ3v) is 5.38. The zero-order valence-corrected chi connectivity index (χ0v) is 17.5. The molecule has 6 heteroatoms. The van der Waals surface area contributed by atoms with Crippen LogP contribution < -0.4 is 5.32 Å². The summed E-state index contributed by atoms with van der Waals surface area (Å²) in [5.41, 5.74) is 1.07. The Labute approximate surface area is 174 Å². The Morgan fingerprint density at radius 2 is 1.70 bits per heavy atom. The highest BCUT2D eigenvalue weighted by Crippen LogP contribution is 2.41. The van der Waals surface area contributed by atoms with E-state index >= 15 is 0 Å². The molecule has 0 spiro atoms. The zero-order valence-electron chi connectivity index (χ0n) is 17.5. The van der Waals surface area contributed by atoms with E-state index in [-0.39, 0.29) is 17.9 Å². The van der Waals surface area contributed by atoms with Gasteiger partial charge in [0.1, 0.15) is 0 Å². The third kappa shape index (κ3) is 4.86. The first kappa shape index (κ1) is 21.9. The van der Waals surface area contributed by atoms with E-state index in [2.05, 4.69) is 19.2 Å². The number of aryl methyl sites for hydroxylation is 1. The summed E-state index contributed by atoms with van der Waals surface area (Å²) in [6, 6.07) is 13.1. The third-order valence-electron chi connectivity index (χ3n) is 5.38. The van der Waals surface area contributed by atoms with Crippen LogP contribution in [0.25, 0.3) is 10.9 Å². The Kier molecular flexibility index (Phi) is 6.54. The van der Waals surface area contributed by atoms with Crippen LogP contribution in [0.3, 0.4) is 0 Å². The lowest BCUT2D eigenvalue weighted by Gasteiger charge is -2.22. The predicted octanol–water partition coefficient (Wildman–Crippen LogP) is 5.88. The molecule has 1 atom stereocenters. The number of benzene rings is 2. The second kappa shape index (κ2) is 8.94. The van der Waals surface area contributed by atoms with Gasteiger partial charge in [0.05, 0.1) is 5.56 Å². The van der Waals surface area contributed by atoms with Gasteiger partial charge in [0.2, 0.25) is 5.91 Å². The molecule has 0 fully saturated rings. The monoisotopic (exact) mass is 416 g/mol. The summed E-state index contributed by atoms with van der Waals surface area (Å²) in [5.74, 6) is -0.511. The number of amides is 1. The molecule has 0 saturated heterocycles. The summed E-state index contributed by atoms with van der Waals surface area (Å²) >= 11 is 0. The molecule has 0 aliphatic carbocycles. The number of carbonyl (C=O) groups is 1. The van der Waals surface area contributed by atoms with Crippen molar-refractivity contribution in [3.05, 3.63) is 71.4 Å². The van der Waals surface area contributed by atoms with Crippen molar-refractivity contribution >= 4 is 16.8 Å². The standard InChI is InChI=1S/C24H27F3N2O/c1-16(2)12-13-28-23(30)14-19(17-8-4-6-10-21(17)24(25,26)27)20-15-29(3)22-11-7-5-9-18(20)22/h4-11,15-16,19H,12-14H2,1-3H3,(H,28,30)/t19-/m1/s1. The number of halogens is 3. The highest BCUT2D eigenvalue weighted by molar-refractivity contribution is 5.86. The number of carbonyl (C=O) groups excluding carboxylic acids is 1. The van der Waals surface area contributed by atoms with Crippen molar-refractivity contribution in [2.24, 2.45) is 13.0 Å². The maximum Gasteiger partial charge on any atom is 0.416 e. The van der Waals surface area contributed by atoms with Gasteiger partial charge in [-0.3, -0.25) is 4.79 Å². The van der Waals surface area contributed by atoms with Crippen LogP contribution >= 0.6 is 0 Å². The summed E-state index contributed by atoms with van der Waals surface area (Å²) in [6.45, 7) is 4.63. The van der Waals surface area contributed by atoms with E-state index in [0.29, 0.717) is 12.5 Å². The molecule has 1 aromatic heterocycles. The lowest BCUT2D eigenvalue weighted by Crippen LogP contribution is -2.27. The van der Waals surface area contributed by atoms with Crippen LogP contribution in [0.1, 0.15) is 49.3 Å². The minimum atomic E-state index is -4.49. The molecule has 30 heavy (non-hydrogen) atoms. The molecule has 3 rings (SSSR count). The van der Waals surface area contributed by atoms with Crippen molar-refractivity contribution in [1.29, 1.82) is 0 Å². The van der Waals surface area contributed by atoms with E-state index in [1.54, 1.807) is 6.07 Å². The maximum atomic E-state index is 13.8. The second-order valence-electron chi connectivity index (χ2n) is 8.09. The van der Waals surface area contributed by atoms with E-state index in [1.165, 1.54) is 12.1 Å². The van der Waals surface area contributed by atoms with E-state index < -0.39 is 17.7 Å². The number of rotatable bonds is 7. The molecule has 0 saturated carbocycles. The van der Waals surface area contributed by atoms with Gasteiger partial charge >= 0.3 is 6.18 Å². The summed E-state index contributed by atoms with van der Waals surface area (Å²) in [6.07, 6.45) is -1.87. The van der Waals surface area contributed by atoms with Gasteiger partial charge in [-0.2, -0.15) is 13.2 Å². The summed E-state index contributed by atoms with van der Waals surface area (Å²) in [5, 5.41) is 3.73. The van der Waals surface area contributed by atoms with Crippen molar-refractivity contribution in [2.75, 3.05) is 6.54 Å². The normalized spacial score (nSPS) is 13.0. The molecule has 2 aromatic carbocycles. The van der Waals surface area contributed by atoms with Crippen LogP contribution in [0.15, 0.2) is 54.7 Å². The molecule has 1 heterocycles. The van der Waals surface area contributed by atoms with E-state index in [4.69, 9.17) is 0 Å². The highest BCUT2D eigenvalue weighted by atomic mass is 19.4. The molecule has 0 aliphatic rings. The van der Waals surface area contributed by atoms with Crippen molar-refractivity contribution < 1.29 is 18.0 Å². The van der Waals surface area contributed by atoms with Crippen molar-refractivity contribution in [3.63, 3.8) is 0 Å². The molecule has 3 nitrogen and oxygen atoms in total. The minimum absolute atomic E-state index is 0.0425. The van der Waals surface area contributed by atoms with Gasteiger partial charge in [-0.15, -0.1) is 0 Å². The zero-order chi connectivity index (χ0) is 21.9. The number of fused-ring (bicyclic) bond motifs is 1. The lowest BCUT2D eigenvalue weighted by molar-refractivity contribution is -0.138. The average molecular weight is 416 g/mol. The number of nitrogens with one attached hydrogen (secondary N) is 1. The lowest BCUT2D eigenvalue weighted by atomic mass is 9.85. The van der Waals surface area contributed by atoms with Gasteiger partial charge in [0, 0.05) is 43.0 Å². The fraction of sp³-hybridized carbons (Fsp3) is 0.375. The fourth-order valence-electron chi connectivity index (χ4n) is 3.86. The first-order chi connectivity index (χ1) is 14.2. The highest BCUT2D eigenvalue weighted by Gasteiger charge is 2.36. The Morgan fingerprint density at radius 3 is 2.40 bits per heavy atom. The molecular weight excluding hydrogens is 389 g/mol. The van der Waals surface area contributed by atoms with Crippen LogP contribution in [0.4, 0.5) is 13.2 Å². The number of alkyl halides is 3. The second-order valence-corrected chi connectivity index (χ2v) is 8.09. The molecule has 1 N–H and O–H groups in total. The van der Waals surface area contributed by atoms with E-state index in [9.17, 15) is 18.0 Å². The molecule has 0 unspecified atom stereocenters. The Balaban J connectivity index is 2.05. The molecular formula is C24H27F3N2O. The van der Waals surface area contributed by atoms with Gasteiger partial charge in [-0.1, -0.05) is 50.2 Å².